The number of nitrogens with zero attached hydrogens (tertiary/aromatic N) is 1. The Labute approximate surface area is 135 Å². The molecule has 0 atom stereocenters. The van der Waals surface area contributed by atoms with E-state index in [0.29, 0.717) is 21.7 Å². The van der Waals surface area contributed by atoms with Crippen molar-refractivity contribution in [3.05, 3.63) is 45.4 Å². The zero-order valence-corrected chi connectivity index (χ0v) is 13.8. The van der Waals surface area contributed by atoms with Gasteiger partial charge in [0, 0.05) is 6.54 Å². The lowest BCUT2D eigenvalue weighted by molar-refractivity contribution is 0.460. The van der Waals surface area contributed by atoms with E-state index in [2.05, 4.69) is 23.3 Å². The van der Waals surface area contributed by atoms with Crippen LogP contribution in [0.2, 0.25) is 10.0 Å². The molecule has 0 saturated heterocycles. The molecule has 21 heavy (non-hydrogen) atoms. The van der Waals surface area contributed by atoms with E-state index < -0.39 is 0 Å². The summed E-state index contributed by atoms with van der Waals surface area (Å²) in [5, 5.41) is 4.04. The van der Waals surface area contributed by atoms with Gasteiger partial charge in [0.05, 0.1) is 5.02 Å². The molecule has 0 aliphatic carbocycles. The van der Waals surface area contributed by atoms with Gasteiger partial charge in [-0.3, -0.25) is 0 Å². The third-order valence-electron chi connectivity index (χ3n) is 2.98. The predicted octanol–water partition coefficient (Wildman–Crippen LogP) is 5.62. The standard InChI is InChI=1S/C16H18Cl2N2O/c1-4-7-19-15-12(17)9-13(18)16(20-15)21-14-6-5-10(2)8-11(14)3/h5-6,8-9H,4,7H2,1-3H3,(H,19,20). The van der Waals surface area contributed by atoms with Gasteiger partial charge in [-0.1, -0.05) is 47.8 Å². The summed E-state index contributed by atoms with van der Waals surface area (Å²) in [5.41, 5.74) is 2.21. The topological polar surface area (TPSA) is 34.2 Å². The first-order chi connectivity index (χ1) is 10.0. The van der Waals surface area contributed by atoms with E-state index >= 15 is 0 Å². The van der Waals surface area contributed by atoms with Crippen molar-refractivity contribution in [2.24, 2.45) is 0 Å². The summed E-state index contributed by atoms with van der Waals surface area (Å²) < 4.78 is 5.83. The third-order valence-corrected chi connectivity index (χ3v) is 3.54. The quantitative estimate of drug-likeness (QED) is 0.775. The average molecular weight is 325 g/mol. The smallest absolute Gasteiger partial charge is 0.240 e. The Bertz CT molecular complexity index is 644. The second kappa shape index (κ2) is 7.01. The predicted molar refractivity (Wildman–Crippen MR) is 89.0 cm³/mol. The summed E-state index contributed by atoms with van der Waals surface area (Å²) >= 11 is 12.3. The van der Waals surface area contributed by atoms with E-state index in [0.717, 1.165) is 24.3 Å². The second-order valence-electron chi connectivity index (χ2n) is 4.90. The van der Waals surface area contributed by atoms with Crippen molar-refractivity contribution in [2.75, 3.05) is 11.9 Å². The van der Waals surface area contributed by atoms with E-state index in [9.17, 15) is 0 Å². The molecule has 0 unspecified atom stereocenters. The molecule has 0 spiro atoms. The Kier molecular flexibility index (Phi) is 5.32. The van der Waals surface area contributed by atoms with Crippen molar-refractivity contribution in [3.8, 4) is 11.6 Å². The molecule has 0 aliphatic rings. The van der Waals surface area contributed by atoms with Gasteiger partial charge in [-0.05, 0) is 38.0 Å². The molecule has 1 N–H and O–H groups in total. The average Bonchev–Trinajstić information content (AvgIpc) is 2.43. The van der Waals surface area contributed by atoms with E-state index in [1.54, 1.807) is 6.07 Å². The highest BCUT2D eigenvalue weighted by Crippen LogP contribution is 2.34. The number of benzene rings is 1. The minimum Gasteiger partial charge on any atom is -0.437 e. The van der Waals surface area contributed by atoms with Crippen molar-refractivity contribution >= 4 is 29.0 Å². The van der Waals surface area contributed by atoms with Crippen LogP contribution in [-0.2, 0) is 0 Å². The van der Waals surface area contributed by atoms with Gasteiger partial charge in [0.25, 0.3) is 0 Å². The SMILES string of the molecule is CCCNc1nc(Oc2ccc(C)cc2C)c(Cl)cc1Cl. The number of rotatable bonds is 5. The molecule has 1 heterocycles. The van der Waals surface area contributed by atoms with E-state index in [1.807, 2.05) is 26.0 Å². The molecule has 1 aromatic carbocycles. The summed E-state index contributed by atoms with van der Waals surface area (Å²) in [7, 11) is 0. The highest BCUT2D eigenvalue weighted by atomic mass is 35.5. The normalized spacial score (nSPS) is 10.5. The molecule has 3 nitrogen and oxygen atoms in total. The number of anilines is 1. The van der Waals surface area contributed by atoms with Gasteiger partial charge in [0.2, 0.25) is 5.88 Å². The maximum atomic E-state index is 6.17. The molecule has 0 amide bonds. The van der Waals surface area contributed by atoms with Crippen LogP contribution in [0.25, 0.3) is 0 Å². The lowest BCUT2D eigenvalue weighted by atomic mass is 10.1. The van der Waals surface area contributed by atoms with Crippen LogP contribution in [0.15, 0.2) is 24.3 Å². The summed E-state index contributed by atoms with van der Waals surface area (Å²) in [5.74, 6) is 1.67. The van der Waals surface area contributed by atoms with Gasteiger partial charge >= 0.3 is 0 Å². The van der Waals surface area contributed by atoms with E-state index in [1.165, 1.54) is 5.56 Å². The first-order valence-electron chi connectivity index (χ1n) is 6.86. The number of aromatic nitrogens is 1. The number of nitrogens with one attached hydrogen (secondary N) is 1. The number of pyridine rings is 1. The largest absolute Gasteiger partial charge is 0.437 e. The molecule has 0 saturated carbocycles. The van der Waals surface area contributed by atoms with Gasteiger partial charge < -0.3 is 10.1 Å². The highest BCUT2D eigenvalue weighted by Gasteiger charge is 2.12. The number of halogens is 2. The van der Waals surface area contributed by atoms with Gasteiger partial charge in [0.1, 0.15) is 16.6 Å². The van der Waals surface area contributed by atoms with Crippen molar-refractivity contribution in [2.45, 2.75) is 27.2 Å². The summed E-state index contributed by atoms with van der Waals surface area (Å²) in [6.45, 7) is 6.89. The zero-order valence-electron chi connectivity index (χ0n) is 12.3. The van der Waals surface area contributed by atoms with E-state index in [4.69, 9.17) is 27.9 Å². The Morgan fingerprint density at radius 2 is 1.90 bits per heavy atom. The lowest BCUT2D eigenvalue weighted by Crippen LogP contribution is -2.03. The van der Waals surface area contributed by atoms with Crippen molar-refractivity contribution in [1.82, 2.24) is 4.98 Å². The molecule has 0 bridgehead atoms. The Hall–Kier alpha value is -1.45. The van der Waals surface area contributed by atoms with Crippen LogP contribution in [0, 0.1) is 13.8 Å². The molecule has 2 aromatic rings. The Balaban J connectivity index is 2.30. The molecule has 0 fully saturated rings. The first kappa shape index (κ1) is 15.9. The Morgan fingerprint density at radius 1 is 1.14 bits per heavy atom. The van der Waals surface area contributed by atoms with Crippen LogP contribution in [0.5, 0.6) is 11.6 Å². The molecule has 1 aromatic heterocycles. The fourth-order valence-corrected chi connectivity index (χ4v) is 2.37. The first-order valence-corrected chi connectivity index (χ1v) is 7.62. The number of hydrogen-bond acceptors (Lipinski definition) is 3. The maximum absolute atomic E-state index is 6.17. The lowest BCUT2D eigenvalue weighted by Gasteiger charge is -2.13. The van der Waals surface area contributed by atoms with Crippen molar-refractivity contribution in [1.29, 1.82) is 0 Å². The van der Waals surface area contributed by atoms with Crippen molar-refractivity contribution in [3.63, 3.8) is 0 Å². The maximum Gasteiger partial charge on any atom is 0.240 e. The van der Waals surface area contributed by atoms with Crippen LogP contribution in [-0.4, -0.2) is 11.5 Å². The van der Waals surface area contributed by atoms with Gasteiger partial charge in [-0.2, -0.15) is 4.98 Å². The molecule has 2 rings (SSSR count). The number of ether oxygens (including phenoxy) is 1. The molecular formula is C16H18Cl2N2O. The van der Waals surface area contributed by atoms with Crippen LogP contribution < -0.4 is 10.1 Å². The van der Waals surface area contributed by atoms with Gasteiger partial charge in [-0.15, -0.1) is 0 Å². The summed E-state index contributed by atoms with van der Waals surface area (Å²) in [6.07, 6.45) is 0.980. The Morgan fingerprint density at radius 3 is 2.57 bits per heavy atom. The molecule has 0 aliphatic heterocycles. The minimum absolute atomic E-state index is 0.353. The molecule has 0 radical (unpaired) electrons. The molecular weight excluding hydrogens is 307 g/mol. The van der Waals surface area contributed by atoms with Gasteiger partial charge in [-0.25, -0.2) is 0 Å². The summed E-state index contributed by atoms with van der Waals surface area (Å²) in [6, 6.07) is 7.60. The molecule has 112 valence electrons. The zero-order chi connectivity index (χ0) is 15.4. The third kappa shape index (κ3) is 4.02. The van der Waals surface area contributed by atoms with Crippen molar-refractivity contribution < 1.29 is 4.74 Å². The van der Waals surface area contributed by atoms with Crippen LogP contribution >= 0.6 is 23.2 Å². The highest BCUT2D eigenvalue weighted by molar-refractivity contribution is 6.36. The van der Waals surface area contributed by atoms with Crippen LogP contribution in [0.1, 0.15) is 24.5 Å². The van der Waals surface area contributed by atoms with E-state index in [-0.39, 0.29) is 0 Å². The fourth-order valence-electron chi connectivity index (χ4n) is 1.91. The summed E-state index contributed by atoms with van der Waals surface area (Å²) in [4.78, 5) is 4.37. The second-order valence-corrected chi connectivity index (χ2v) is 5.72. The van der Waals surface area contributed by atoms with Crippen LogP contribution in [0.3, 0.4) is 0 Å². The number of hydrogen-bond donors (Lipinski definition) is 1. The van der Waals surface area contributed by atoms with Crippen LogP contribution in [0.4, 0.5) is 5.82 Å². The monoisotopic (exact) mass is 324 g/mol. The minimum atomic E-state index is 0.353. The van der Waals surface area contributed by atoms with Gasteiger partial charge in [0.15, 0.2) is 0 Å². The number of aryl methyl sites for hydroxylation is 2. The molecule has 5 heteroatoms. The fraction of sp³-hybridized carbons (Fsp3) is 0.312.